The van der Waals surface area contributed by atoms with Crippen LogP contribution in [0.1, 0.15) is 32.1 Å². The minimum absolute atomic E-state index is 0.566. The van der Waals surface area contributed by atoms with Crippen molar-refractivity contribution in [2.24, 2.45) is 11.8 Å². The van der Waals surface area contributed by atoms with Crippen LogP contribution in [-0.2, 0) is 0 Å². The van der Waals surface area contributed by atoms with Gasteiger partial charge in [0.25, 0.3) is 0 Å². The number of hydrogen-bond donors (Lipinski definition) is 3. The average molecular weight is 169 g/mol. The third kappa shape index (κ3) is 1.49. The summed E-state index contributed by atoms with van der Waals surface area (Å²) in [5.74, 6) is 6.32. The zero-order chi connectivity index (χ0) is 8.39. The molecule has 2 fully saturated rings. The molecule has 1 saturated heterocycles. The lowest BCUT2D eigenvalue weighted by Gasteiger charge is -2.41. The van der Waals surface area contributed by atoms with Crippen LogP contribution in [0.5, 0.6) is 0 Å². The molecule has 12 heavy (non-hydrogen) atoms. The van der Waals surface area contributed by atoms with Gasteiger partial charge in [-0.25, -0.2) is 0 Å². The maximum atomic E-state index is 5.53. The zero-order valence-corrected chi connectivity index (χ0v) is 7.55. The van der Waals surface area contributed by atoms with Gasteiger partial charge in [0, 0.05) is 12.1 Å². The van der Waals surface area contributed by atoms with Crippen LogP contribution >= 0.6 is 0 Å². The van der Waals surface area contributed by atoms with Crippen molar-refractivity contribution in [1.29, 1.82) is 0 Å². The Morgan fingerprint density at radius 2 is 2.00 bits per heavy atom. The monoisotopic (exact) mass is 169 g/mol. The van der Waals surface area contributed by atoms with Gasteiger partial charge < -0.3 is 5.32 Å². The Balaban J connectivity index is 1.99. The van der Waals surface area contributed by atoms with E-state index in [0.29, 0.717) is 6.04 Å². The van der Waals surface area contributed by atoms with Gasteiger partial charge >= 0.3 is 0 Å². The maximum absolute atomic E-state index is 5.53. The first-order valence-corrected chi connectivity index (χ1v) is 5.11. The fraction of sp³-hybridized carbons (Fsp3) is 1.00. The van der Waals surface area contributed by atoms with E-state index in [9.17, 15) is 0 Å². The molecule has 0 aromatic rings. The van der Waals surface area contributed by atoms with Crippen molar-refractivity contribution < 1.29 is 0 Å². The molecule has 0 spiro atoms. The summed E-state index contributed by atoms with van der Waals surface area (Å²) >= 11 is 0. The van der Waals surface area contributed by atoms with Crippen LogP contribution in [0.3, 0.4) is 0 Å². The topological polar surface area (TPSA) is 50.1 Å². The predicted octanol–water partition coefficient (Wildman–Crippen LogP) is 0.370. The molecule has 3 nitrogen and oxygen atoms in total. The molecular weight excluding hydrogens is 150 g/mol. The highest BCUT2D eigenvalue weighted by Gasteiger charge is 2.33. The quantitative estimate of drug-likeness (QED) is 0.393. The van der Waals surface area contributed by atoms with Gasteiger partial charge in [-0.3, -0.25) is 11.3 Å². The van der Waals surface area contributed by atoms with E-state index >= 15 is 0 Å². The van der Waals surface area contributed by atoms with Gasteiger partial charge in [0.1, 0.15) is 0 Å². The van der Waals surface area contributed by atoms with E-state index in [1.54, 1.807) is 0 Å². The molecule has 0 bridgehead atoms. The minimum atomic E-state index is 0.566. The number of piperidine rings is 1. The number of nitrogens with two attached hydrogens (primary N) is 1. The molecule has 0 aromatic carbocycles. The molecular formula is C9H19N3. The summed E-state index contributed by atoms with van der Waals surface area (Å²) < 4.78 is 0. The molecule has 0 unspecified atom stereocenters. The Morgan fingerprint density at radius 1 is 1.17 bits per heavy atom. The first-order chi connectivity index (χ1) is 5.92. The van der Waals surface area contributed by atoms with E-state index in [1.807, 2.05) is 0 Å². The Hall–Kier alpha value is -0.120. The van der Waals surface area contributed by atoms with E-state index in [2.05, 4.69) is 10.7 Å². The molecule has 0 amide bonds. The maximum Gasteiger partial charge on any atom is 0.0265 e. The standard InChI is InChI=1S/C9H19N3/c10-12-9-5-6-11-8-4-2-1-3-7(8)9/h7-9,11-12H,1-6,10H2/t7-,8-,9-/m1/s1. The molecule has 1 aliphatic heterocycles. The summed E-state index contributed by atoms with van der Waals surface area (Å²) in [4.78, 5) is 0. The van der Waals surface area contributed by atoms with Crippen molar-refractivity contribution in [2.45, 2.75) is 44.2 Å². The first kappa shape index (κ1) is 8.48. The summed E-state index contributed by atoms with van der Waals surface area (Å²) in [5.41, 5.74) is 2.96. The van der Waals surface area contributed by atoms with Crippen LogP contribution in [0, 0.1) is 5.92 Å². The van der Waals surface area contributed by atoms with Crippen LogP contribution in [0.25, 0.3) is 0 Å². The lowest BCUT2D eigenvalue weighted by molar-refractivity contribution is 0.162. The van der Waals surface area contributed by atoms with Crippen LogP contribution < -0.4 is 16.6 Å². The second-order valence-electron chi connectivity index (χ2n) is 4.07. The van der Waals surface area contributed by atoms with E-state index in [1.165, 1.54) is 32.1 Å². The number of rotatable bonds is 1. The zero-order valence-electron chi connectivity index (χ0n) is 7.55. The van der Waals surface area contributed by atoms with Crippen molar-refractivity contribution in [3.8, 4) is 0 Å². The summed E-state index contributed by atoms with van der Waals surface area (Å²) in [6.45, 7) is 1.13. The molecule has 2 rings (SSSR count). The average Bonchev–Trinajstić information content (AvgIpc) is 2.17. The number of nitrogens with one attached hydrogen (secondary N) is 2. The van der Waals surface area contributed by atoms with Gasteiger partial charge in [0.05, 0.1) is 0 Å². The summed E-state index contributed by atoms with van der Waals surface area (Å²) in [6, 6.07) is 1.31. The fourth-order valence-electron chi connectivity index (χ4n) is 2.74. The number of fused-ring (bicyclic) bond motifs is 1. The number of hydrazine groups is 1. The highest BCUT2D eigenvalue weighted by molar-refractivity contribution is 4.92. The normalized spacial score (nSPS) is 42.2. The van der Waals surface area contributed by atoms with Crippen LogP contribution in [-0.4, -0.2) is 18.6 Å². The van der Waals surface area contributed by atoms with Gasteiger partial charge in [-0.05, 0) is 31.7 Å². The van der Waals surface area contributed by atoms with Gasteiger partial charge in [0.2, 0.25) is 0 Å². The molecule has 1 aliphatic carbocycles. The van der Waals surface area contributed by atoms with Crippen molar-refractivity contribution in [3.05, 3.63) is 0 Å². The Morgan fingerprint density at radius 3 is 2.83 bits per heavy atom. The van der Waals surface area contributed by atoms with Crippen molar-refractivity contribution in [1.82, 2.24) is 10.7 Å². The summed E-state index contributed by atoms with van der Waals surface area (Å²) in [5, 5.41) is 3.59. The summed E-state index contributed by atoms with van der Waals surface area (Å²) in [6.07, 6.45) is 6.68. The molecule has 3 atom stereocenters. The molecule has 4 N–H and O–H groups in total. The molecule has 0 aromatic heterocycles. The largest absolute Gasteiger partial charge is 0.314 e. The van der Waals surface area contributed by atoms with Crippen molar-refractivity contribution in [2.75, 3.05) is 6.54 Å². The van der Waals surface area contributed by atoms with Gasteiger partial charge in [0.15, 0.2) is 0 Å². The minimum Gasteiger partial charge on any atom is -0.314 e. The van der Waals surface area contributed by atoms with Gasteiger partial charge in [-0.2, -0.15) is 0 Å². The van der Waals surface area contributed by atoms with E-state index in [-0.39, 0.29) is 0 Å². The lowest BCUT2D eigenvalue weighted by Crippen LogP contribution is -2.56. The van der Waals surface area contributed by atoms with Crippen LogP contribution in [0.4, 0.5) is 0 Å². The molecule has 1 saturated carbocycles. The summed E-state index contributed by atoms with van der Waals surface area (Å²) in [7, 11) is 0. The second kappa shape index (κ2) is 3.73. The Bertz CT molecular complexity index is 140. The van der Waals surface area contributed by atoms with Crippen molar-refractivity contribution >= 4 is 0 Å². The van der Waals surface area contributed by atoms with E-state index in [0.717, 1.165) is 18.5 Å². The van der Waals surface area contributed by atoms with E-state index < -0.39 is 0 Å². The Kier molecular flexibility index (Phi) is 2.63. The lowest BCUT2D eigenvalue weighted by atomic mass is 9.77. The SMILES string of the molecule is NN[C@@H]1CCN[C@@H]2CCCC[C@@H]12. The van der Waals surface area contributed by atoms with Gasteiger partial charge in [-0.1, -0.05) is 12.8 Å². The third-order valence-electron chi connectivity index (χ3n) is 3.41. The number of hydrogen-bond acceptors (Lipinski definition) is 3. The van der Waals surface area contributed by atoms with Crippen LogP contribution in [0.2, 0.25) is 0 Å². The second-order valence-corrected chi connectivity index (χ2v) is 4.07. The highest BCUT2D eigenvalue weighted by Crippen LogP contribution is 2.30. The first-order valence-electron chi connectivity index (χ1n) is 5.11. The fourth-order valence-corrected chi connectivity index (χ4v) is 2.74. The van der Waals surface area contributed by atoms with E-state index in [4.69, 9.17) is 5.84 Å². The molecule has 3 heteroatoms. The smallest absolute Gasteiger partial charge is 0.0265 e. The van der Waals surface area contributed by atoms with Crippen molar-refractivity contribution in [3.63, 3.8) is 0 Å². The predicted molar refractivity (Wildman–Crippen MR) is 49.5 cm³/mol. The highest BCUT2D eigenvalue weighted by atomic mass is 15.2. The molecule has 70 valence electrons. The molecule has 1 heterocycles. The third-order valence-corrected chi connectivity index (χ3v) is 3.41. The Labute approximate surface area is 74.1 Å². The van der Waals surface area contributed by atoms with Gasteiger partial charge in [-0.15, -0.1) is 0 Å². The molecule has 0 radical (unpaired) electrons. The van der Waals surface area contributed by atoms with Crippen LogP contribution in [0.15, 0.2) is 0 Å². The molecule has 2 aliphatic rings.